The number of amides is 1. The van der Waals surface area contributed by atoms with Crippen LogP contribution in [0.15, 0.2) is 43.5 Å². The minimum Gasteiger partial charge on any atom is -0.473 e. The zero-order valence-corrected chi connectivity index (χ0v) is 16.8. The summed E-state index contributed by atoms with van der Waals surface area (Å²) < 4.78 is 15.4. The van der Waals surface area contributed by atoms with Crippen molar-refractivity contribution < 1.29 is 14.3 Å². The number of carbonyl (C=O) groups excluding carboxylic acids is 1. The lowest BCUT2D eigenvalue weighted by atomic mass is 9.88. The molecular weight excluding hydrogens is 384 g/mol. The van der Waals surface area contributed by atoms with Crippen molar-refractivity contribution >= 4 is 11.4 Å². The normalized spacial score (nSPS) is 23.3. The molecule has 4 heterocycles. The summed E-state index contributed by atoms with van der Waals surface area (Å²) in [4.78, 5) is 18.3. The van der Waals surface area contributed by atoms with Gasteiger partial charge in [-0.1, -0.05) is 6.58 Å². The summed E-state index contributed by atoms with van der Waals surface area (Å²) in [5.74, 6) is 0.476. The third-order valence-electron chi connectivity index (χ3n) is 5.95. The number of hydrogen-bond acceptors (Lipinski definition) is 6. The third-order valence-corrected chi connectivity index (χ3v) is 5.95. The van der Waals surface area contributed by atoms with E-state index in [-0.39, 0.29) is 24.1 Å². The fourth-order valence-electron chi connectivity index (χ4n) is 3.96. The number of fused-ring (bicyclic) bond motifs is 1. The molecule has 5 rings (SSSR count). The number of aromatic nitrogens is 5. The third kappa shape index (κ3) is 3.35. The van der Waals surface area contributed by atoms with Crippen LogP contribution in [0.4, 0.5) is 0 Å². The quantitative estimate of drug-likeness (QED) is 0.581. The van der Waals surface area contributed by atoms with Gasteiger partial charge in [0.05, 0.1) is 36.9 Å². The van der Waals surface area contributed by atoms with Crippen LogP contribution in [0.25, 0.3) is 16.8 Å². The second-order valence-corrected chi connectivity index (χ2v) is 7.84. The topological polar surface area (TPSA) is 86.8 Å². The second kappa shape index (κ2) is 7.56. The van der Waals surface area contributed by atoms with E-state index in [0.29, 0.717) is 12.5 Å². The first-order chi connectivity index (χ1) is 14.6. The molecule has 30 heavy (non-hydrogen) atoms. The summed E-state index contributed by atoms with van der Waals surface area (Å²) in [6.07, 6.45) is 11.3. The monoisotopic (exact) mass is 408 g/mol. The van der Waals surface area contributed by atoms with Gasteiger partial charge in [-0.15, -0.1) is 0 Å². The number of carbonyl (C=O) groups is 1. The molecule has 0 N–H and O–H groups in total. The molecule has 9 nitrogen and oxygen atoms in total. The van der Waals surface area contributed by atoms with Gasteiger partial charge in [0.2, 0.25) is 11.8 Å². The van der Waals surface area contributed by atoms with Crippen molar-refractivity contribution in [1.82, 2.24) is 29.3 Å². The van der Waals surface area contributed by atoms with Gasteiger partial charge in [0.25, 0.3) is 0 Å². The van der Waals surface area contributed by atoms with E-state index in [2.05, 4.69) is 16.8 Å². The molecule has 0 spiro atoms. The van der Waals surface area contributed by atoms with Crippen LogP contribution in [0.1, 0.15) is 25.3 Å². The fourth-order valence-corrected chi connectivity index (χ4v) is 3.96. The summed E-state index contributed by atoms with van der Waals surface area (Å²) >= 11 is 0. The SMILES string of the molecule is C=CC(=O)N(C)C1CC(Oc2nc(-c3cnn(C4CCOC4)c3)cn3nccc23)C1. The summed E-state index contributed by atoms with van der Waals surface area (Å²) in [6, 6.07) is 2.32. The summed E-state index contributed by atoms with van der Waals surface area (Å²) in [6.45, 7) is 5.00. The predicted octanol–water partition coefficient (Wildman–Crippen LogP) is 2.11. The Balaban J connectivity index is 1.35. The first-order valence-electron chi connectivity index (χ1n) is 10.1. The molecule has 1 saturated carbocycles. The molecule has 156 valence electrons. The van der Waals surface area contributed by atoms with Crippen molar-refractivity contribution in [2.45, 2.75) is 37.5 Å². The highest BCUT2D eigenvalue weighted by Crippen LogP contribution is 2.32. The first kappa shape index (κ1) is 18.8. The van der Waals surface area contributed by atoms with Crippen LogP contribution in [0.3, 0.4) is 0 Å². The van der Waals surface area contributed by atoms with Gasteiger partial charge in [-0.3, -0.25) is 9.48 Å². The number of likely N-dealkylation sites (N-methyl/N-ethyl adjacent to an activating group) is 1. The van der Waals surface area contributed by atoms with E-state index in [9.17, 15) is 4.79 Å². The average molecular weight is 408 g/mol. The largest absolute Gasteiger partial charge is 0.473 e. The van der Waals surface area contributed by atoms with Crippen LogP contribution < -0.4 is 4.74 Å². The van der Waals surface area contributed by atoms with E-state index in [1.165, 1.54) is 6.08 Å². The fraction of sp³-hybridized carbons (Fsp3) is 0.429. The van der Waals surface area contributed by atoms with E-state index in [4.69, 9.17) is 14.5 Å². The molecule has 1 aliphatic carbocycles. The Hall–Kier alpha value is -3.20. The summed E-state index contributed by atoms with van der Waals surface area (Å²) in [5.41, 5.74) is 2.47. The van der Waals surface area contributed by atoms with Gasteiger partial charge in [0, 0.05) is 44.3 Å². The Morgan fingerprint density at radius 1 is 1.37 bits per heavy atom. The van der Waals surface area contributed by atoms with Crippen molar-refractivity contribution in [1.29, 1.82) is 0 Å². The summed E-state index contributed by atoms with van der Waals surface area (Å²) in [7, 11) is 1.80. The van der Waals surface area contributed by atoms with Gasteiger partial charge in [-0.25, -0.2) is 9.50 Å². The molecule has 2 aliphatic rings. The predicted molar refractivity (Wildman–Crippen MR) is 109 cm³/mol. The van der Waals surface area contributed by atoms with Crippen molar-refractivity contribution in [3.63, 3.8) is 0 Å². The van der Waals surface area contributed by atoms with Gasteiger partial charge in [0.1, 0.15) is 11.6 Å². The molecule has 1 saturated heterocycles. The van der Waals surface area contributed by atoms with Gasteiger partial charge >= 0.3 is 0 Å². The average Bonchev–Trinajstić information content (AvgIpc) is 3.48. The van der Waals surface area contributed by atoms with Crippen molar-refractivity contribution in [2.75, 3.05) is 20.3 Å². The minimum atomic E-state index is -0.0681. The highest BCUT2D eigenvalue weighted by Gasteiger charge is 2.36. The van der Waals surface area contributed by atoms with E-state index in [0.717, 1.165) is 42.6 Å². The van der Waals surface area contributed by atoms with Gasteiger partial charge in [0.15, 0.2) is 0 Å². The lowest BCUT2D eigenvalue weighted by Crippen LogP contribution is -2.49. The Morgan fingerprint density at radius 2 is 2.23 bits per heavy atom. The van der Waals surface area contributed by atoms with E-state index in [1.54, 1.807) is 22.7 Å². The molecule has 9 heteroatoms. The zero-order chi connectivity index (χ0) is 20.7. The number of nitrogens with zero attached hydrogens (tertiary/aromatic N) is 6. The highest BCUT2D eigenvalue weighted by atomic mass is 16.5. The molecule has 0 aromatic carbocycles. The van der Waals surface area contributed by atoms with Crippen molar-refractivity contribution in [3.8, 4) is 17.1 Å². The molecule has 1 atom stereocenters. The summed E-state index contributed by atoms with van der Waals surface area (Å²) in [5, 5.41) is 8.86. The zero-order valence-electron chi connectivity index (χ0n) is 16.8. The Kier molecular flexibility index (Phi) is 4.74. The van der Waals surface area contributed by atoms with Crippen LogP contribution >= 0.6 is 0 Å². The molecule has 1 amide bonds. The van der Waals surface area contributed by atoms with Crippen molar-refractivity contribution in [2.24, 2.45) is 0 Å². The molecule has 3 aromatic heterocycles. The number of hydrogen-bond donors (Lipinski definition) is 0. The number of ether oxygens (including phenoxy) is 2. The minimum absolute atomic E-state index is 0.00914. The Morgan fingerprint density at radius 3 is 3.00 bits per heavy atom. The second-order valence-electron chi connectivity index (χ2n) is 7.84. The van der Waals surface area contributed by atoms with Crippen LogP contribution in [0.2, 0.25) is 0 Å². The Labute approximate surface area is 173 Å². The van der Waals surface area contributed by atoms with Gasteiger partial charge < -0.3 is 14.4 Å². The smallest absolute Gasteiger partial charge is 0.245 e. The van der Waals surface area contributed by atoms with E-state index >= 15 is 0 Å². The highest BCUT2D eigenvalue weighted by molar-refractivity contribution is 5.87. The standard InChI is InChI=1S/C21H24N6O3/c1-3-20(28)25(2)16-8-17(9-16)30-21-19-4-6-22-27(19)12-18(24-21)14-10-23-26(11-14)15-5-7-29-13-15/h3-4,6,10-12,15-17H,1,5,7-9,13H2,2H3. The first-order valence-corrected chi connectivity index (χ1v) is 10.1. The maximum atomic E-state index is 11.8. The molecule has 2 fully saturated rings. The molecule has 1 aliphatic heterocycles. The maximum absolute atomic E-state index is 11.8. The molecule has 0 bridgehead atoms. The molecule has 1 unspecified atom stereocenters. The van der Waals surface area contributed by atoms with Crippen LogP contribution in [0, 0.1) is 0 Å². The Bertz CT molecular complexity index is 1080. The van der Waals surface area contributed by atoms with E-state index < -0.39 is 0 Å². The maximum Gasteiger partial charge on any atom is 0.245 e. The lowest BCUT2D eigenvalue weighted by Gasteiger charge is -2.40. The van der Waals surface area contributed by atoms with Gasteiger partial charge in [-0.2, -0.15) is 10.2 Å². The van der Waals surface area contributed by atoms with Crippen molar-refractivity contribution in [3.05, 3.63) is 43.5 Å². The van der Waals surface area contributed by atoms with Crippen LogP contribution in [-0.4, -0.2) is 67.6 Å². The number of rotatable bonds is 6. The molecule has 3 aromatic rings. The van der Waals surface area contributed by atoms with E-state index in [1.807, 2.05) is 29.3 Å². The lowest BCUT2D eigenvalue weighted by molar-refractivity contribution is -0.130. The van der Waals surface area contributed by atoms with Crippen LogP contribution in [-0.2, 0) is 9.53 Å². The van der Waals surface area contributed by atoms with Crippen LogP contribution in [0.5, 0.6) is 5.88 Å². The molecule has 0 radical (unpaired) electrons. The molecular formula is C21H24N6O3. The van der Waals surface area contributed by atoms with Gasteiger partial charge in [-0.05, 0) is 18.6 Å².